The summed E-state index contributed by atoms with van der Waals surface area (Å²) >= 11 is 4.20. The number of allylic oxidation sites excluding steroid dienone is 1. The number of benzene rings is 2. The molecule has 0 spiro atoms. The lowest BCUT2D eigenvalue weighted by molar-refractivity contribution is -0.145. The van der Waals surface area contributed by atoms with Crippen LogP contribution < -0.4 is 9.47 Å². The Hall–Kier alpha value is -3.04. The fourth-order valence-electron chi connectivity index (χ4n) is 3.25. The fraction of sp³-hybridized carbons (Fsp3) is 0.240. The molecule has 34 heavy (non-hydrogen) atoms. The number of methoxy groups -OCH3 is 1. The molecule has 1 aliphatic heterocycles. The summed E-state index contributed by atoms with van der Waals surface area (Å²) in [7, 11) is 1.54. The van der Waals surface area contributed by atoms with Gasteiger partial charge >= 0.3 is 5.97 Å². The van der Waals surface area contributed by atoms with E-state index in [1.54, 1.807) is 25.1 Å². The van der Waals surface area contributed by atoms with E-state index in [-0.39, 0.29) is 11.5 Å². The van der Waals surface area contributed by atoms with E-state index in [0.717, 1.165) is 32.3 Å². The third kappa shape index (κ3) is 6.30. The molecule has 1 saturated heterocycles. The van der Waals surface area contributed by atoms with Crippen molar-refractivity contribution in [2.24, 2.45) is 0 Å². The first-order chi connectivity index (χ1) is 16.4. The second-order valence-corrected chi connectivity index (χ2v) is 9.10. The van der Waals surface area contributed by atoms with Crippen LogP contribution in [-0.2, 0) is 27.4 Å². The van der Waals surface area contributed by atoms with Crippen LogP contribution >= 0.6 is 27.7 Å². The maximum Gasteiger partial charge on any atom is 0.326 e. The van der Waals surface area contributed by atoms with Gasteiger partial charge in [-0.3, -0.25) is 19.3 Å². The van der Waals surface area contributed by atoms with Gasteiger partial charge in [0.25, 0.3) is 11.1 Å². The Kier molecular flexibility index (Phi) is 8.95. The molecule has 0 atom stereocenters. The van der Waals surface area contributed by atoms with Crippen LogP contribution in [0.3, 0.4) is 0 Å². The number of ether oxygens (including phenoxy) is 3. The van der Waals surface area contributed by atoms with Gasteiger partial charge in [0, 0.05) is 10.0 Å². The number of hydrogen-bond acceptors (Lipinski definition) is 7. The number of imide groups is 1. The molecule has 9 heteroatoms. The van der Waals surface area contributed by atoms with Gasteiger partial charge in [-0.2, -0.15) is 0 Å². The molecule has 3 rings (SSSR count). The van der Waals surface area contributed by atoms with Crippen molar-refractivity contribution in [3.63, 3.8) is 0 Å². The summed E-state index contributed by atoms with van der Waals surface area (Å²) in [5.41, 5.74) is 2.48. The maximum absolute atomic E-state index is 12.7. The van der Waals surface area contributed by atoms with E-state index >= 15 is 0 Å². The van der Waals surface area contributed by atoms with Gasteiger partial charge in [0.15, 0.2) is 11.5 Å². The quantitative estimate of drug-likeness (QED) is 0.225. The SMILES string of the molecule is C=CCc1cc(/C=C2/SC(=O)N(CC(=O)OCC)C2=O)cc(OC)c1OCc1ccc(Br)cc1. The maximum atomic E-state index is 12.7. The van der Waals surface area contributed by atoms with Gasteiger partial charge in [0.05, 0.1) is 18.6 Å². The van der Waals surface area contributed by atoms with E-state index < -0.39 is 23.7 Å². The van der Waals surface area contributed by atoms with Crippen LogP contribution in [0.5, 0.6) is 11.5 Å². The predicted octanol–water partition coefficient (Wildman–Crippen LogP) is 5.36. The molecule has 2 amide bonds. The Balaban J connectivity index is 1.86. The van der Waals surface area contributed by atoms with Crippen LogP contribution in [-0.4, -0.2) is 42.3 Å². The summed E-state index contributed by atoms with van der Waals surface area (Å²) in [5, 5.41) is -0.517. The van der Waals surface area contributed by atoms with Crippen molar-refractivity contribution in [2.75, 3.05) is 20.3 Å². The second-order valence-electron chi connectivity index (χ2n) is 7.19. The molecule has 1 heterocycles. The number of thioether (sulfide) groups is 1. The molecule has 0 unspecified atom stereocenters. The van der Waals surface area contributed by atoms with Gasteiger partial charge in [0.2, 0.25) is 0 Å². The molecule has 7 nitrogen and oxygen atoms in total. The minimum Gasteiger partial charge on any atom is -0.493 e. The molecule has 0 bridgehead atoms. The van der Waals surface area contributed by atoms with E-state index in [0.29, 0.717) is 30.1 Å². The van der Waals surface area contributed by atoms with Crippen LogP contribution in [0.15, 0.2) is 58.4 Å². The lowest BCUT2D eigenvalue weighted by Crippen LogP contribution is -2.34. The smallest absolute Gasteiger partial charge is 0.326 e. The normalized spacial score (nSPS) is 14.4. The Morgan fingerprint density at radius 3 is 2.59 bits per heavy atom. The van der Waals surface area contributed by atoms with Crippen LogP contribution in [0.2, 0.25) is 0 Å². The summed E-state index contributed by atoms with van der Waals surface area (Å²) in [6.45, 7) is 5.58. The molecule has 2 aromatic rings. The number of carbonyl (C=O) groups is 3. The van der Waals surface area contributed by atoms with E-state index in [4.69, 9.17) is 14.2 Å². The molecule has 178 valence electrons. The molecule has 0 aliphatic carbocycles. The number of hydrogen-bond donors (Lipinski definition) is 0. The number of carbonyl (C=O) groups excluding carboxylic acids is 3. The van der Waals surface area contributed by atoms with Crippen molar-refractivity contribution in [1.82, 2.24) is 4.90 Å². The van der Waals surface area contributed by atoms with Crippen molar-refractivity contribution in [3.8, 4) is 11.5 Å². The first kappa shape index (κ1) is 25.6. The largest absolute Gasteiger partial charge is 0.493 e. The number of rotatable bonds is 10. The Morgan fingerprint density at radius 1 is 1.21 bits per heavy atom. The Bertz CT molecular complexity index is 1130. The molecule has 2 aromatic carbocycles. The van der Waals surface area contributed by atoms with Gasteiger partial charge in [-0.05, 0) is 66.6 Å². The molecule has 1 aliphatic rings. The first-order valence-electron chi connectivity index (χ1n) is 10.5. The van der Waals surface area contributed by atoms with Crippen LogP contribution in [0.25, 0.3) is 6.08 Å². The van der Waals surface area contributed by atoms with Gasteiger partial charge < -0.3 is 14.2 Å². The van der Waals surface area contributed by atoms with Crippen LogP contribution in [0, 0.1) is 0 Å². The minimum atomic E-state index is -0.631. The number of amides is 2. The van der Waals surface area contributed by atoms with Crippen LogP contribution in [0.4, 0.5) is 4.79 Å². The van der Waals surface area contributed by atoms with E-state index in [1.807, 2.05) is 30.3 Å². The van der Waals surface area contributed by atoms with Gasteiger partial charge in [0.1, 0.15) is 13.2 Å². The summed E-state index contributed by atoms with van der Waals surface area (Å²) in [6, 6.07) is 11.4. The first-order valence-corrected chi connectivity index (χ1v) is 12.1. The van der Waals surface area contributed by atoms with E-state index in [9.17, 15) is 14.4 Å². The second kappa shape index (κ2) is 11.9. The van der Waals surface area contributed by atoms with Crippen molar-refractivity contribution in [1.29, 1.82) is 0 Å². The number of halogens is 1. The minimum absolute atomic E-state index is 0.174. The van der Waals surface area contributed by atoms with Crippen molar-refractivity contribution in [2.45, 2.75) is 20.0 Å². The summed E-state index contributed by atoms with van der Waals surface area (Å²) in [5.74, 6) is -0.0949. The monoisotopic (exact) mass is 545 g/mol. The third-order valence-corrected chi connectivity index (χ3v) is 6.23. The highest BCUT2D eigenvalue weighted by molar-refractivity contribution is 9.10. The van der Waals surface area contributed by atoms with Crippen molar-refractivity contribution < 1.29 is 28.6 Å². The Labute approximate surface area is 210 Å². The van der Waals surface area contributed by atoms with E-state index in [2.05, 4.69) is 22.5 Å². The zero-order valence-electron chi connectivity index (χ0n) is 18.8. The van der Waals surface area contributed by atoms with Crippen molar-refractivity contribution in [3.05, 3.63) is 75.1 Å². The molecule has 0 aromatic heterocycles. The molecule has 0 N–H and O–H groups in total. The zero-order chi connectivity index (χ0) is 24.7. The summed E-state index contributed by atoms with van der Waals surface area (Å²) in [6.07, 6.45) is 3.86. The van der Waals surface area contributed by atoms with Gasteiger partial charge in [-0.25, -0.2) is 0 Å². The lowest BCUT2D eigenvalue weighted by atomic mass is 10.0. The Morgan fingerprint density at radius 2 is 1.94 bits per heavy atom. The lowest BCUT2D eigenvalue weighted by Gasteiger charge is -2.16. The summed E-state index contributed by atoms with van der Waals surface area (Å²) < 4.78 is 17.5. The van der Waals surface area contributed by atoms with E-state index in [1.165, 1.54) is 7.11 Å². The van der Waals surface area contributed by atoms with Crippen LogP contribution in [0.1, 0.15) is 23.6 Å². The number of nitrogens with zero attached hydrogens (tertiary/aromatic N) is 1. The molecule has 0 radical (unpaired) electrons. The number of esters is 1. The average Bonchev–Trinajstić information content (AvgIpc) is 3.06. The van der Waals surface area contributed by atoms with Gasteiger partial charge in [-0.15, -0.1) is 6.58 Å². The third-order valence-electron chi connectivity index (χ3n) is 4.80. The molecular formula is C25H24BrNO6S. The molecule has 0 saturated carbocycles. The highest BCUT2D eigenvalue weighted by atomic mass is 79.9. The van der Waals surface area contributed by atoms with Gasteiger partial charge in [-0.1, -0.05) is 34.1 Å². The highest BCUT2D eigenvalue weighted by Gasteiger charge is 2.36. The highest BCUT2D eigenvalue weighted by Crippen LogP contribution is 2.37. The van der Waals surface area contributed by atoms with Crippen molar-refractivity contribution >= 4 is 50.9 Å². The fourth-order valence-corrected chi connectivity index (χ4v) is 4.35. The molecular weight excluding hydrogens is 522 g/mol. The predicted molar refractivity (Wildman–Crippen MR) is 135 cm³/mol. The zero-order valence-corrected chi connectivity index (χ0v) is 21.2. The molecule has 1 fully saturated rings. The standard InChI is InChI=1S/C25H24BrNO6S/c1-4-6-18-11-17(13-21-24(29)27(25(30)34-21)14-22(28)32-5-2)12-20(31-3)23(18)33-15-16-7-9-19(26)10-8-16/h4,7-13H,1,5-6,14-15H2,2-3H3/b21-13+. The topological polar surface area (TPSA) is 82.1 Å². The average molecular weight is 546 g/mol. The summed E-state index contributed by atoms with van der Waals surface area (Å²) in [4.78, 5) is 37.8.